The first-order valence-corrected chi connectivity index (χ1v) is 7.36. The summed E-state index contributed by atoms with van der Waals surface area (Å²) in [5, 5.41) is 21.7. The number of fused-ring (bicyclic) bond motifs is 2. The summed E-state index contributed by atoms with van der Waals surface area (Å²) in [6, 6.07) is 18.4. The lowest BCUT2D eigenvalue weighted by Crippen LogP contribution is -1.96. The number of pyridine rings is 2. The van der Waals surface area contributed by atoms with Gasteiger partial charge in [0.2, 0.25) is 0 Å². The Balaban J connectivity index is 1.75. The Morgan fingerprint density at radius 1 is 0.609 bits per heavy atom. The number of benzene rings is 2. The fourth-order valence-electron chi connectivity index (χ4n) is 2.73. The Bertz CT molecular complexity index is 945. The third-order valence-corrected chi connectivity index (χ3v) is 3.88. The van der Waals surface area contributed by atoms with Crippen LogP contribution in [0.5, 0.6) is 11.5 Å². The number of phenols is 2. The van der Waals surface area contributed by atoms with Gasteiger partial charge >= 0.3 is 0 Å². The van der Waals surface area contributed by atoms with E-state index in [1.165, 1.54) is 0 Å². The van der Waals surface area contributed by atoms with Crippen LogP contribution in [-0.2, 0) is 6.42 Å². The summed E-state index contributed by atoms with van der Waals surface area (Å²) in [5.41, 5.74) is 2.82. The maximum absolute atomic E-state index is 9.93. The van der Waals surface area contributed by atoms with Gasteiger partial charge < -0.3 is 10.2 Å². The summed E-state index contributed by atoms with van der Waals surface area (Å²) in [4.78, 5) is 9.04. The van der Waals surface area contributed by atoms with Crippen LogP contribution in [0.4, 0.5) is 0 Å². The first kappa shape index (κ1) is 13.5. The van der Waals surface area contributed by atoms with Crippen molar-refractivity contribution < 1.29 is 10.2 Å². The molecule has 4 rings (SSSR count). The van der Waals surface area contributed by atoms with Gasteiger partial charge in [-0.15, -0.1) is 0 Å². The second kappa shape index (κ2) is 5.25. The lowest BCUT2D eigenvalue weighted by atomic mass is 10.1. The van der Waals surface area contributed by atoms with Crippen LogP contribution in [0.3, 0.4) is 0 Å². The van der Waals surface area contributed by atoms with Crippen LogP contribution in [0.25, 0.3) is 21.8 Å². The first-order chi connectivity index (χ1) is 11.2. The van der Waals surface area contributed by atoms with Crippen molar-refractivity contribution in [2.24, 2.45) is 0 Å². The summed E-state index contributed by atoms with van der Waals surface area (Å²) in [6.07, 6.45) is 0.536. The van der Waals surface area contributed by atoms with Gasteiger partial charge in [-0.05, 0) is 24.3 Å². The standard InChI is InChI=1S/C19H14N2O2/c22-16-5-1-3-12-7-9-14(20-18(12)16)11-15-10-8-13-4-2-6-17(23)19(13)21-15/h1-10,22-23H,11H2. The van der Waals surface area contributed by atoms with Crippen molar-refractivity contribution >= 4 is 21.8 Å². The molecule has 0 atom stereocenters. The molecule has 0 saturated carbocycles. The molecule has 4 nitrogen and oxygen atoms in total. The number of para-hydroxylation sites is 2. The summed E-state index contributed by atoms with van der Waals surface area (Å²) < 4.78 is 0. The zero-order chi connectivity index (χ0) is 15.8. The second-order valence-electron chi connectivity index (χ2n) is 5.48. The minimum absolute atomic E-state index is 0.175. The minimum Gasteiger partial charge on any atom is -0.506 e. The van der Waals surface area contributed by atoms with Crippen molar-refractivity contribution in [3.63, 3.8) is 0 Å². The highest BCUT2D eigenvalue weighted by molar-refractivity contribution is 5.85. The number of nitrogens with zero attached hydrogens (tertiary/aromatic N) is 2. The van der Waals surface area contributed by atoms with E-state index >= 15 is 0 Å². The molecule has 2 aromatic heterocycles. The molecule has 0 radical (unpaired) electrons. The predicted octanol–water partition coefficient (Wildman–Crippen LogP) is 3.79. The van der Waals surface area contributed by atoms with Crippen LogP contribution in [0.15, 0.2) is 60.7 Å². The molecule has 0 spiro atoms. The van der Waals surface area contributed by atoms with E-state index in [2.05, 4.69) is 9.97 Å². The largest absolute Gasteiger partial charge is 0.506 e. The van der Waals surface area contributed by atoms with Gasteiger partial charge in [-0.2, -0.15) is 0 Å². The zero-order valence-corrected chi connectivity index (χ0v) is 12.3. The van der Waals surface area contributed by atoms with Gasteiger partial charge in [0.25, 0.3) is 0 Å². The fourth-order valence-corrected chi connectivity index (χ4v) is 2.73. The lowest BCUT2D eigenvalue weighted by molar-refractivity contribution is 0.480. The summed E-state index contributed by atoms with van der Waals surface area (Å²) in [6.45, 7) is 0. The van der Waals surface area contributed by atoms with Gasteiger partial charge in [0, 0.05) is 28.6 Å². The molecule has 0 aliphatic rings. The van der Waals surface area contributed by atoms with E-state index in [4.69, 9.17) is 0 Å². The van der Waals surface area contributed by atoms with Gasteiger partial charge in [0.15, 0.2) is 0 Å². The molecular formula is C19H14N2O2. The lowest BCUT2D eigenvalue weighted by Gasteiger charge is -2.06. The Morgan fingerprint density at radius 3 is 1.57 bits per heavy atom. The van der Waals surface area contributed by atoms with Crippen molar-refractivity contribution in [2.45, 2.75) is 6.42 Å². The van der Waals surface area contributed by atoms with Crippen molar-refractivity contribution in [1.82, 2.24) is 9.97 Å². The van der Waals surface area contributed by atoms with Gasteiger partial charge in [-0.3, -0.25) is 0 Å². The van der Waals surface area contributed by atoms with Crippen LogP contribution in [-0.4, -0.2) is 20.2 Å². The Kier molecular flexibility index (Phi) is 3.08. The highest BCUT2D eigenvalue weighted by Gasteiger charge is 2.07. The number of rotatable bonds is 2. The first-order valence-electron chi connectivity index (χ1n) is 7.36. The molecular weight excluding hydrogens is 288 g/mol. The second-order valence-corrected chi connectivity index (χ2v) is 5.48. The minimum atomic E-state index is 0.175. The van der Waals surface area contributed by atoms with Crippen LogP contribution in [0.2, 0.25) is 0 Å². The van der Waals surface area contributed by atoms with Crippen LogP contribution in [0, 0.1) is 0 Å². The molecule has 0 aliphatic heterocycles. The summed E-state index contributed by atoms with van der Waals surface area (Å²) in [5.74, 6) is 0.349. The molecule has 2 aromatic carbocycles. The quantitative estimate of drug-likeness (QED) is 0.591. The highest BCUT2D eigenvalue weighted by Crippen LogP contribution is 2.25. The van der Waals surface area contributed by atoms with E-state index in [-0.39, 0.29) is 11.5 Å². The molecule has 4 aromatic rings. The molecule has 23 heavy (non-hydrogen) atoms. The number of hydrogen-bond acceptors (Lipinski definition) is 4. The highest BCUT2D eigenvalue weighted by atomic mass is 16.3. The summed E-state index contributed by atoms with van der Waals surface area (Å²) in [7, 11) is 0. The van der Waals surface area contributed by atoms with Crippen molar-refractivity contribution in [2.75, 3.05) is 0 Å². The third-order valence-electron chi connectivity index (χ3n) is 3.88. The molecule has 0 fully saturated rings. The van der Waals surface area contributed by atoms with Gasteiger partial charge in [-0.1, -0.05) is 36.4 Å². The van der Waals surface area contributed by atoms with Crippen LogP contribution >= 0.6 is 0 Å². The van der Waals surface area contributed by atoms with Crippen molar-refractivity contribution in [3.8, 4) is 11.5 Å². The molecule has 112 valence electrons. The molecule has 0 saturated heterocycles. The average Bonchev–Trinajstić information content (AvgIpc) is 2.56. The van der Waals surface area contributed by atoms with Gasteiger partial charge in [0.1, 0.15) is 22.5 Å². The molecule has 2 heterocycles. The van der Waals surface area contributed by atoms with Crippen LogP contribution in [0.1, 0.15) is 11.4 Å². The van der Waals surface area contributed by atoms with E-state index < -0.39 is 0 Å². The van der Waals surface area contributed by atoms with Crippen molar-refractivity contribution in [1.29, 1.82) is 0 Å². The fraction of sp³-hybridized carbons (Fsp3) is 0.0526. The zero-order valence-electron chi connectivity index (χ0n) is 12.3. The third kappa shape index (κ3) is 2.44. The molecule has 4 heteroatoms. The average molecular weight is 302 g/mol. The number of aromatic nitrogens is 2. The van der Waals surface area contributed by atoms with E-state index in [1.807, 2.05) is 36.4 Å². The predicted molar refractivity (Wildman–Crippen MR) is 89.6 cm³/mol. The maximum atomic E-state index is 9.93. The SMILES string of the molecule is Oc1cccc2ccc(Cc3ccc4cccc(O)c4n3)nc12. The van der Waals surface area contributed by atoms with E-state index in [1.54, 1.807) is 24.3 Å². The Labute approximate surface area is 132 Å². The van der Waals surface area contributed by atoms with E-state index in [9.17, 15) is 10.2 Å². The molecule has 2 N–H and O–H groups in total. The number of phenolic OH excluding ortho intramolecular Hbond substituents is 2. The molecule has 0 aliphatic carbocycles. The Hall–Kier alpha value is -3.14. The topological polar surface area (TPSA) is 66.2 Å². The smallest absolute Gasteiger partial charge is 0.141 e. The monoisotopic (exact) mass is 302 g/mol. The van der Waals surface area contributed by atoms with Gasteiger partial charge in [-0.25, -0.2) is 9.97 Å². The van der Waals surface area contributed by atoms with Crippen LogP contribution < -0.4 is 0 Å². The van der Waals surface area contributed by atoms with E-state index in [0.717, 1.165) is 22.2 Å². The van der Waals surface area contributed by atoms with Gasteiger partial charge in [0.05, 0.1) is 0 Å². The molecule has 0 bridgehead atoms. The molecule has 0 amide bonds. The molecule has 0 unspecified atom stereocenters. The van der Waals surface area contributed by atoms with E-state index in [0.29, 0.717) is 17.5 Å². The van der Waals surface area contributed by atoms with Crippen molar-refractivity contribution in [3.05, 3.63) is 72.1 Å². The summed E-state index contributed by atoms with van der Waals surface area (Å²) >= 11 is 0. The maximum Gasteiger partial charge on any atom is 0.141 e. The number of aromatic hydroxyl groups is 2. The normalized spacial score (nSPS) is 11.1. The Morgan fingerprint density at radius 2 is 1.09 bits per heavy atom. The number of hydrogen-bond donors (Lipinski definition) is 2.